The number of nitrogens with one attached hydrogen (secondary N) is 1. The minimum atomic E-state index is -1.13. The van der Waals surface area contributed by atoms with Crippen LogP contribution in [0.3, 0.4) is 0 Å². The van der Waals surface area contributed by atoms with Crippen molar-refractivity contribution in [1.29, 1.82) is 0 Å². The Balaban J connectivity index is 2.44. The average molecular weight is 296 g/mol. The Bertz CT molecular complexity index is 482. The van der Waals surface area contributed by atoms with E-state index in [1.54, 1.807) is 32.9 Å². The lowest BCUT2D eigenvalue weighted by Gasteiger charge is -2.18. The van der Waals surface area contributed by atoms with E-state index in [2.05, 4.69) is 5.32 Å². The van der Waals surface area contributed by atoms with Crippen LogP contribution in [0.2, 0.25) is 0 Å². The second kappa shape index (κ2) is 7.03. The van der Waals surface area contributed by atoms with E-state index >= 15 is 0 Å². The van der Waals surface area contributed by atoms with Gasteiger partial charge in [0, 0.05) is 6.08 Å². The van der Waals surface area contributed by atoms with Crippen LogP contribution in [-0.2, 0) is 14.3 Å². The summed E-state index contributed by atoms with van der Waals surface area (Å²) in [6, 6.07) is -0.566. The third-order valence-electron chi connectivity index (χ3n) is 2.79. The summed E-state index contributed by atoms with van der Waals surface area (Å²) in [5.74, 6) is -1.03. The molecule has 1 fully saturated rings. The molecule has 0 aliphatic carbocycles. The SMILES string of the molecule is C/C=C/C=C/C(=O)OCC(O)CN1C(=O)NC(C)(C)C1=O. The number of imide groups is 1. The maximum Gasteiger partial charge on any atom is 0.330 e. The lowest BCUT2D eigenvalue weighted by atomic mass is 10.1. The van der Waals surface area contributed by atoms with Gasteiger partial charge >= 0.3 is 12.0 Å². The average Bonchev–Trinajstić information content (AvgIpc) is 2.59. The smallest absolute Gasteiger partial charge is 0.330 e. The highest BCUT2D eigenvalue weighted by Gasteiger charge is 2.44. The Morgan fingerprint density at radius 2 is 2.10 bits per heavy atom. The molecular weight excluding hydrogens is 276 g/mol. The third-order valence-corrected chi connectivity index (χ3v) is 2.79. The van der Waals surface area contributed by atoms with Gasteiger partial charge in [-0.25, -0.2) is 9.59 Å². The molecule has 7 heteroatoms. The van der Waals surface area contributed by atoms with E-state index in [9.17, 15) is 19.5 Å². The Morgan fingerprint density at radius 1 is 1.43 bits per heavy atom. The molecule has 0 saturated carbocycles. The zero-order valence-electron chi connectivity index (χ0n) is 12.3. The number of aliphatic hydroxyl groups excluding tert-OH is 1. The minimum Gasteiger partial charge on any atom is -0.460 e. The Hall–Kier alpha value is -2.15. The van der Waals surface area contributed by atoms with Crippen molar-refractivity contribution in [2.45, 2.75) is 32.4 Å². The summed E-state index contributed by atoms with van der Waals surface area (Å²) < 4.78 is 4.80. The fourth-order valence-corrected chi connectivity index (χ4v) is 1.72. The van der Waals surface area contributed by atoms with Gasteiger partial charge in [-0.05, 0) is 20.8 Å². The molecule has 2 N–H and O–H groups in total. The van der Waals surface area contributed by atoms with Crippen LogP contribution < -0.4 is 5.32 Å². The van der Waals surface area contributed by atoms with Crippen molar-refractivity contribution in [2.75, 3.05) is 13.2 Å². The van der Waals surface area contributed by atoms with Gasteiger partial charge in [0.1, 0.15) is 18.2 Å². The van der Waals surface area contributed by atoms with Crippen molar-refractivity contribution in [1.82, 2.24) is 10.2 Å². The highest BCUT2D eigenvalue weighted by molar-refractivity contribution is 6.06. The highest BCUT2D eigenvalue weighted by atomic mass is 16.5. The Kier molecular flexibility index (Phi) is 5.66. The van der Waals surface area contributed by atoms with Crippen molar-refractivity contribution in [3.8, 4) is 0 Å². The first-order valence-corrected chi connectivity index (χ1v) is 6.56. The number of aliphatic hydroxyl groups is 1. The topological polar surface area (TPSA) is 95.9 Å². The molecular formula is C14H20N2O5. The van der Waals surface area contributed by atoms with Crippen LogP contribution in [0.4, 0.5) is 4.79 Å². The van der Waals surface area contributed by atoms with Gasteiger partial charge in [0.2, 0.25) is 0 Å². The van der Waals surface area contributed by atoms with Crippen molar-refractivity contribution in [3.63, 3.8) is 0 Å². The molecule has 1 aliphatic heterocycles. The number of nitrogens with zero attached hydrogens (tertiary/aromatic N) is 1. The first-order valence-electron chi connectivity index (χ1n) is 6.56. The minimum absolute atomic E-state index is 0.222. The summed E-state index contributed by atoms with van der Waals surface area (Å²) in [7, 11) is 0. The first-order chi connectivity index (χ1) is 9.77. The number of β-amino-alcohol motifs (C(OH)–C–C–N with tert-alkyl or cyclic N) is 1. The molecule has 3 amide bonds. The molecule has 1 heterocycles. The standard InChI is InChI=1S/C14H20N2O5/c1-4-5-6-7-11(18)21-9-10(17)8-16-12(19)14(2,3)15-13(16)20/h4-7,10,17H,8-9H2,1-3H3,(H,15,20)/b5-4+,7-6+. The summed E-state index contributed by atoms with van der Waals surface area (Å²) in [6.07, 6.45) is 5.00. The quantitative estimate of drug-likeness (QED) is 0.319. The monoisotopic (exact) mass is 296 g/mol. The van der Waals surface area contributed by atoms with Gasteiger partial charge in [0.15, 0.2) is 0 Å². The van der Waals surface area contributed by atoms with E-state index in [4.69, 9.17) is 4.74 Å². The molecule has 116 valence electrons. The van der Waals surface area contributed by atoms with Crippen molar-refractivity contribution >= 4 is 17.9 Å². The van der Waals surface area contributed by atoms with Gasteiger partial charge in [-0.1, -0.05) is 18.2 Å². The van der Waals surface area contributed by atoms with E-state index in [-0.39, 0.29) is 13.2 Å². The van der Waals surface area contributed by atoms with Crippen LogP contribution in [0.5, 0.6) is 0 Å². The summed E-state index contributed by atoms with van der Waals surface area (Å²) >= 11 is 0. The van der Waals surface area contributed by atoms with E-state index < -0.39 is 29.6 Å². The van der Waals surface area contributed by atoms with E-state index in [1.165, 1.54) is 12.2 Å². The van der Waals surface area contributed by atoms with E-state index in [1.807, 2.05) is 0 Å². The molecule has 1 atom stereocenters. The van der Waals surface area contributed by atoms with Gasteiger partial charge in [0.05, 0.1) is 6.54 Å². The molecule has 1 unspecified atom stereocenters. The van der Waals surface area contributed by atoms with Crippen LogP contribution in [0, 0.1) is 0 Å². The molecule has 1 rings (SSSR count). The van der Waals surface area contributed by atoms with Gasteiger partial charge in [0.25, 0.3) is 5.91 Å². The molecule has 21 heavy (non-hydrogen) atoms. The number of ether oxygens (including phenoxy) is 1. The Morgan fingerprint density at radius 3 is 2.62 bits per heavy atom. The van der Waals surface area contributed by atoms with Crippen molar-refractivity contribution < 1.29 is 24.2 Å². The molecule has 0 bridgehead atoms. The number of esters is 1. The van der Waals surface area contributed by atoms with Crippen LogP contribution in [0.25, 0.3) is 0 Å². The Labute approximate surface area is 123 Å². The van der Waals surface area contributed by atoms with Crippen molar-refractivity contribution in [2.24, 2.45) is 0 Å². The maximum absolute atomic E-state index is 11.9. The second-order valence-corrected chi connectivity index (χ2v) is 5.14. The number of hydrogen-bond donors (Lipinski definition) is 2. The summed E-state index contributed by atoms with van der Waals surface area (Å²) in [4.78, 5) is 35.7. The first kappa shape index (κ1) is 16.9. The number of carbonyl (C=O) groups is 3. The third kappa shape index (κ3) is 4.71. The molecule has 0 aromatic rings. The van der Waals surface area contributed by atoms with Crippen LogP contribution in [0.15, 0.2) is 24.3 Å². The summed E-state index contributed by atoms with van der Waals surface area (Å²) in [5, 5.41) is 12.2. The number of amides is 3. The molecule has 0 aromatic carbocycles. The molecule has 0 aromatic heterocycles. The van der Waals surface area contributed by atoms with E-state index in [0.717, 1.165) is 4.90 Å². The number of hydrogen-bond acceptors (Lipinski definition) is 5. The van der Waals surface area contributed by atoms with Crippen molar-refractivity contribution in [3.05, 3.63) is 24.3 Å². The lowest BCUT2D eigenvalue weighted by molar-refractivity contribution is -0.141. The fourth-order valence-electron chi connectivity index (χ4n) is 1.72. The maximum atomic E-state index is 11.9. The largest absolute Gasteiger partial charge is 0.460 e. The van der Waals surface area contributed by atoms with Crippen LogP contribution in [-0.4, -0.2) is 52.7 Å². The van der Waals surface area contributed by atoms with Gasteiger partial charge in [-0.3, -0.25) is 9.69 Å². The van der Waals surface area contributed by atoms with Crippen LogP contribution >= 0.6 is 0 Å². The highest BCUT2D eigenvalue weighted by Crippen LogP contribution is 2.16. The zero-order valence-corrected chi connectivity index (χ0v) is 12.3. The molecule has 1 saturated heterocycles. The number of carbonyl (C=O) groups excluding carboxylic acids is 3. The number of rotatable bonds is 6. The molecule has 0 spiro atoms. The van der Waals surface area contributed by atoms with Gasteiger partial charge in [-0.2, -0.15) is 0 Å². The molecule has 1 aliphatic rings. The summed E-state index contributed by atoms with van der Waals surface area (Å²) in [6.45, 7) is 4.44. The predicted octanol–water partition coefficient (Wildman–Crippen LogP) is 0.353. The summed E-state index contributed by atoms with van der Waals surface area (Å²) in [5.41, 5.74) is -0.983. The molecule has 7 nitrogen and oxygen atoms in total. The molecule has 0 radical (unpaired) electrons. The lowest BCUT2D eigenvalue weighted by Crippen LogP contribution is -2.42. The predicted molar refractivity (Wildman–Crippen MR) is 75.2 cm³/mol. The van der Waals surface area contributed by atoms with E-state index in [0.29, 0.717) is 0 Å². The number of allylic oxidation sites excluding steroid dienone is 3. The second-order valence-electron chi connectivity index (χ2n) is 5.14. The van der Waals surface area contributed by atoms with Gasteiger partial charge in [-0.15, -0.1) is 0 Å². The zero-order chi connectivity index (χ0) is 16.0. The number of urea groups is 1. The normalized spacial score (nSPS) is 19.3. The fraction of sp³-hybridized carbons (Fsp3) is 0.500. The van der Waals surface area contributed by atoms with Crippen LogP contribution in [0.1, 0.15) is 20.8 Å². The van der Waals surface area contributed by atoms with Gasteiger partial charge < -0.3 is 15.2 Å².